The number of methoxy groups -OCH3 is 1. The molecule has 0 unspecified atom stereocenters. The van der Waals surface area contributed by atoms with E-state index in [1.807, 2.05) is 39.8 Å². The highest BCUT2D eigenvalue weighted by Gasteiger charge is 2.32. The molecule has 0 bridgehead atoms. The van der Waals surface area contributed by atoms with Crippen LogP contribution >= 0.6 is 11.6 Å². The van der Waals surface area contributed by atoms with Gasteiger partial charge in [-0.1, -0.05) is 17.7 Å². The van der Waals surface area contributed by atoms with Gasteiger partial charge in [-0.3, -0.25) is 24.1 Å². The van der Waals surface area contributed by atoms with E-state index >= 15 is 0 Å². The molecule has 45 heavy (non-hydrogen) atoms. The van der Waals surface area contributed by atoms with Crippen LogP contribution in [0.5, 0.6) is 0 Å². The minimum absolute atomic E-state index is 0.0567. The number of anilines is 1. The summed E-state index contributed by atoms with van der Waals surface area (Å²) in [5.74, 6) is 0.0478. The Morgan fingerprint density at radius 3 is 2.11 bits per heavy atom. The summed E-state index contributed by atoms with van der Waals surface area (Å²) < 4.78 is 4.89. The van der Waals surface area contributed by atoms with Crippen molar-refractivity contribution in [3.63, 3.8) is 0 Å². The van der Waals surface area contributed by atoms with Crippen LogP contribution in [0.1, 0.15) is 64.4 Å². The molecule has 0 aliphatic carbocycles. The van der Waals surface area contributed by atoms with Gasteiger partial charge < -0.3 is 24.3 Å². The lowest BCUT2D eigenvalue weighted by Gasteiger charge is -2.39. The number of amides is 3. The average Bonchev–Trinajstić information content (AvgIpc) is 3.05. The molecule has 3 aliphatic rings. The van der Waals surface area contributed by atoms with Crippen molar-refractivity contribution in [2.24, 2.45) is 11.8 Å². The second-order valence-corrected chi connectivity index (χ2v) is 13.3. The summed E-state index contributed by atoms with van der Waals surface area (Å²) in [5, 5.41) is 0.652. The molecule has 1 aromatic carbocycles. The molecule has 3 amide bonds. The molecule has 0 aromatic heterocycles. The van der Waals surface area contributed by atoms with E-state index in [-0.39, 0.29) is 41.6 Å². The molecule has 3 heterocycles. The summed E-state index contributed by atoms with van der Waals surface area (Å²) in [4.78, 5) is 61.1. The second kappa shape index (κ2) is 16.7. The standard InChI is InChI=1S/C34H52ClN5O5/c1-5-39(32(42)24-37-17-9-28(10-18-37)34(44)45-4)29-13-19-36(20-14-29)15-6-16-40(30-8-7-25(2)31(35)23-30)33(43)27-11-21-38(22-12-27)26(3)41/h7-8,23,27-29H,5-6,9-22,24H2,1-4H3. The molecule has 0 N–H and O–H groups in total. The van der Waals surface area contributed by atoms with E-state index in [1.54, 1.807) is 6.92 Å². The van der Waals surface area contributed by atoms with Crippen molar-refractivity contribution in [2.75, 3.05) is 77.5 Å². The largest absolute Gasteiger partial charge is 0.469 e. The van der Waals surface area contributed by atoms with E-state index in [4.69, 9.17) is 16.3 Å². The van der Waals surface area contributed by atoms with Crippen LogP contribution in [0.15, 0.2) is 18.2 Å². The molecule has 3 fully saturated rings. The number of esters is 1. The minimum Gasteiger partial charge on any atom is -0.469 e. The van der Waals surface area contributed by atoms with E-state index < -0.39 is 0 Å². The number of aryl methyl sites for hydroxylation is 1. The normalized spacial score (nSPS) is 19.4. The molecule has 0 atom stereocenters. The third-order valence-corrected chi connectivity index (χ3v) is 10.4. The smallest absolute Gasteiger partial charge is 0.308 e. The number of rotatable bonds is 11. The van der Waals surface area contributed by atoms with Crippen LogP contribution in [0.25, 0.3) is 0 Å². The first kappa shape index (κ1) is 35.2. The maximum absolute atomic E-state index is 13.8. The van der Waals surface area contributed by atoms with Crippen molar-refractivity contribution >= 4 is 41.0 Å². The van der Waals surface area contributed by atoms with E-state index in [0.717, 1.165) is 76.1 Å². The number of carbonyl (C=O) groups excluding carboxylic acids is 4. The van der Waals surface area contributed by atoms with Crippen molar-refractivity contribution < 1.29 is 23.9 Å². The molecule has 250 valence electrons. The Bertz CT molecular complexity index is 1170. The lowest BCUT2D eigenvalue weighted by Crippen LogP contribution is -2.51. The number of carbonyl (C=O) groups is 4. The maximum atomic E-state index is 13.8. The zero-order valence-corrected chi connectivity index (χ0v) is 28.4. The third-order valence-electron chi connectivity index (χ3n) is 10.0. The molecule has 0 spiro atoms. The molecule has 3 saturated heterocycles. The van der Waals surface area contributed by atoms with Gasteiger partial charge in [0, 0.05) is 68.9 Å². The molecular formula is C34H52ClN5O5. The van der Waals surface area contributed by atoms with Gasteiger partial charge in [-0.15, -0.1) is 0 Å². The Kier molecular flexibility index (Phi) is 13.1. The van der Waals surface area contributed by atoms with E-state index in [0.29, 0.717) is 50.6 Å². The van der Waals surface area contributed by atoms with E-state index in [9.17, 15) is 19.2 Å². The van der Waals surface area contributed by atoms with Crippen molar-refractivity contribution in [1.82, 2.24) is 19.6 Å². The lowest BCUT2D eigenvalue weighted by atomic mass is 9.94. The van der Waals surface area contributed by atoms with Crippen molar-refractivity contribution in [1.29, 1.82) is 0 Å². The fraction of sp³-hybridized carbons (Fsp3) is 0.706. The van der Waals surface area contributed by atoms with Crippen molar-refractivity contribution in [3.8, 4) is 0 Å². The van der Waals surface area contributed by atoms with Crippen LogP contribution in [-0.4, -0.2) is 122 Å². The minimum atomic E-state index is -0.145. The molecule has 0 saturated carbocycles. The van der Waals surface area contributed by atoms with Crippen molar-refractivity contribution in [3.05, 3.63) is 28.8 Å². The summed E-state index contributed by atoms with van der Waals surface area (Å²) in [5.41, 5.74) is 1.81. The summed E-state index contributed by atoms with van der Waals surface area (Å²) in [6.07, 6.45) is 5.56. The number of likely N-dealkylation sites (N-methyl/N-ethyl adjacent to an activating group) is 1. The topological polar surface area (TPSA) is 93.7 Å². The van der Waals surface area contributed by atoms with Gasteiger partial charge in [0.05, 0.1) is 19.6 Å². The molecule has 0 radical (unpaired) electrons. The Labute approximate surface area is 273 Å². The zero-order chi connectivity index (χ0) is 32.5. The number of hydrogen-bond donors (Lipinski definition) is 0. The van der Waals surface area contributed by atoms with Crippen LogP contribution in [0.4, 0.5) is 5.69 Å². The second-order valence-electron chi connectivity index (χ2n) is 12.9. The van der Waals surface area contributed by atoms with Crippen LogP contribution in [0.2, 0.25) is 5.02 Å². The first-order chi connectivity index (χ1) is 21.6. The monoisotopic (exact) mass is 645 g/mol. The Hall–Kier alpha value is -2.69. The van der Waals surface area contributed by atoms with E-state index in [2.05, 4.69) is 16.7 Å². The van der Waals surface area contributed by atoms with Gasteiger partial charge >= 0.3 is 5.97 Å². The highest BCUT2D eigenvalue weighted by molar-refractivity contribution is 6.31. The van der Waals surface area contributed by atoms with Gasteiger partial charge in [0.1, 0.15) is 0 Å². The number of ether oxygens (including phenoxy) is 1. The predicted octanol–water partition coefficient (Wildman–Crippen LogP) is 3.83. The highest BCUT2D eigenvalue weighted by atomic mass is 35.5. The fourth-order valence-corrected chi connectivity index (χ4v) is 7.27. The molecule has 4 rings (SSSR count). The number of benzene rings is 1. The predicted molar refractivity (Wildman–Crippen MR) is 176 cm³/mol. The SMILES string of the molecule is CCN(C(=O)CN1CCC(C(=O)OC)CC1)C1CCN(CCCN(C(=O)C2CCN(C(C)=O)CC2)c2ccc(C)c(Cl)c2)CC1. The quantitative estimate of drug-likeness (QED) is 0.338. The summed E-state index contributed by atoms with van der Waals surface area (Å²) in [7, 11) is 1.43. The number of piperidine rings is 3. The maximum Gasteiger partial charge on any atom is 0.308 e. The number of halogens is 1. The van der Waals surface area contributed by atoms with Crippen LogP contribution in [0.3, 0.4) is 0 Å². The van der Waals surface area contributed by atoms with Crippen LogP contribution < -0.4 is 4.90 Å². The Balaban J connectivity index is 1.26. The first-order valence-corrected chi connectivity index (χ1v) is 17.1. The van der Waals surface area contributed by atoms with Crippen molar-refractivity contribution in [2.45, 2.75) is 71.8 Å². The van der Waals surface area contributed by atoms with E-state index in [1.165, 1.54) is 7.11 Å². The number of likely N-dealkylation sites (tertiary alicyclic amines) is 3. The third kappa shape index (κ3) is 9.42. The molecule has 11 heteroatoms. The van der Waals surface area contributed by atoms with Crippen LogP contribution in [-0.2, 0) is 23.9 Å². The van der Waals surface area contributed by atoms with Crippen LogP contribution in [0, 0.1) is 18.8 Å². The highest BCUT2D eigenvalue weighted by Crippen LogP contribution is 2.28. The van der Waals surface area contributed by atoms with Gasteiger partial charge in [0.2, 0.25) is 17.7 Å². The molecule has 1 aromatic rings. The van der Waals surface area contributed by atoms with Gasteiger partial charge in [0.15, 0.2) is 0 Å². The van der Waals surface area contributed by atoms with Gasteiger partial charge in [-0.2, -0.15) is 0 Å². The summed E-state index contributed by atoms with van der Waals surface area (Å²) in [6, 6.07) is 6.07. The van der Waals surface area contributed by atoms with Gasteiger partial charge in [-0.25, -0.2) is 0 Å². The Morgan fingerprint density at radius 1 is 0.911 bits per heavy atom. The zero-order valence-electron chi connectivity index (χ0n) is 27.6. The summed E-state index contributed by atoms with van der Waals surface area (Å²) >= 11 is 6.47. The van der Waals surface area contributed by atoms with Gasteiger partial charge in [-0.05, 0) is 96.1 Å². The first-order valence-electron chi connectivity index (χ1n) is 16.8. The molecular weight excluding hydrogens is 594 g/mol. The number of hydrogen-bond acceptors (Lipinski definition) is 7. The average molecular weight is 646 g/mol. The van der Waals surface area contributed by atoms with Gasteiger partial charge in [0.25, 0.3) is 0 Å². The number of nitrogens with zero attached hydrogens (tertiary/aromatic N) is 5. The fourth-order valence-electron chi connectivity index (χ4n) is 7.10. The molecule has 3 aliphatic heterocycles. The molecule has 10 nitrogen and oxygen atoms in total. The Morgan fingerprint density at radius 2 is 1.53 bits per heavy atom. The summed E-state index contributed by atoms with van der Waals surface area (Å²) in [6.45, 7) is 12.8. The lowest BCUT2D eigenvalue weighted by molar-refractivity contribution is -0.147.